The van der Waals surface area contributed by atoms with Crippen LogP contribution in [0.4, 0.5) is 11.4 Å². The van der Waals surface area contributed by atoms with E-state index in [0.717, 1.165) is 11.3 Å². The van der Waals surface area contributed by atoms with Crippen molar-refractivity contribution in [3.63, 3.8) is 0 Å². The molecule has 1 aromatic carbocycles. The summed E-state index contributed by atoms with van der Waals surface area (Å²) in [6.07, 6.45) is 0.560. The van der Waals surface area contributed by atoms with Crippen LogP contribution in [0.15, 0.2) is 34.5 Å². The van der Waals surface area contributed by atoms with E-state index in [2.05, 4.69) is 4.72 Å². The van der Waals surface area contributed by atoms with Gasteiger partial charge in [-0.15, -0.1) is 11.3 Å². The van der Waals surface area contributed by atoms with Crippen molar-refractivity contribution in [1.82, 2.24) is 0 Å². The smallest absolute Gasteiger partial charge is 0.271 e. The maximum absolute atomic E-state index is 12.4. The van der Waals surface area contributed by atoms with Gasteiger partial charge in [0.1, 0.15) is 4.21 Å². The van der Waals surface area contributed by atoms with Crippen molar-refractivity contribution >= 4 is 54.4 Å². The van der Waals surface area contributed by atoms with E-state index in [9.17, 15) is 16.8 Å². The molecule has 1 aromatic heterocycles. The number of hydrogen-bond acceptors (Lipinski definition) is 5. The summed E-state index contributed by atoms with van der Waals surface area (Å²) >= 11 is 6.75. The van der Waals surface area contributed by atoms with Gasteiger partial charge in [0.05, 0.1) is 21.5 Å². The minimum Gasteiger partial charge on any atom is -0.279 e. The second kappa shape index (κ2) is 6.21. The number of nitrogens with one attached hydrogen (secondary N) is 1. The van der Waals surface area contributed by atoms with Crippen LogP contribution in [0.1, 0.15) is 12.0 Å². The standard InChI is InChI=1S/C14H15ClN2O4S3/c1-10-3-4-11(17-7-2-8-23(17,18)19)9-12(10)16-24(20,21)14-6-5-13(15)22-14/h3-6,9,16H,2,7-8H2,1H3. The van der Waals surface area contributed by atoms with E-state index in [0.29, 0.717) is 34.2 Å². The van der Waals surface area contributed by atoms with Crippen molar-refractivity contribution in [2.24, 2.45) is 0 Å². The molecule has 10 heteroatoms. The Bertz CT molecular complexity index is 983. The molecule has 0 bridgehead atoms. The van der Waals surface area contributed by atoms with Crippen LogP contribution in [0.5, 0.6) is 0 Å². The highest BCUT2D eigenvalue weighted by atomic mass is 35.5. The van der Waals surface area contributed by atoms with Gasteiger partial charge < -0.3 is 0 Å². The third-order valence-electron chi connectivity index (χ3n) is 3.67. The van der Waals surface area contributed by atoms with Crippen LogP contribution in [0, 0.1) is 6.92 Å². The lowest BCUT2D eigenvalue weighted by atomic mass is 10.2. The second-order valence-electron chi connectivity index (χ2n) is 5.40. The fourth-order valence-corrected chi connectivity index (χ4v) is 6.60. The molecule has 0 aliphatic carbocycles. The molecular weight excluding hydrogens is 392 g/mol. The lowest BCUT2D eigenvalue weighted by Crippen LogP contribution is -2.25. The van der Waals surface area contributed by atoms with E-state index in [-0.39, 0.29) is 9.96 Å². The van der Waals surface area contributed by atoms with Gasteiger partial charge in [-0.3, -0.25) is 9.03 Å². The fraction of sp³-hybridized carbons (Fsp3) is 0.286. The van der Waals surface area contributed by atoms with Gasteiger partial charge in [-0.2, -0.15) is 0 Å². The Morgan fingerprint density at radius 1 is 1.25 bits per heavy atom. The van der Waals surface area contributed by atoms with Gasteiger partial charge in [0, 0.05) is 6.54 Å². The summed E-state index contributed by atoms with van der Waals surface area (Å²) in [4.78, 5) is 0. The minimum absolute atomic E-state index is 0.103. The first-order chi connectivity index (χ1) is 11.2. The topological polar surface area (TPSA) is 83.6 Å². The summed E-state index contributed by atoms with van der Waals surface area (Å²) in [7, 11) is -7.09. The van der Waals surface area contributed by atoms with Crippen molar-refractivity contribution in [1.29, 1.82) is 0 Å². The van der Waals surface area contributed by atoms with Gasteiger partial charge in [-0.25, -0.2) is 16.8 Å². The molecule has 0 atom stereocenters. The fourth-order valence-electron chi connectivity index (χ4n) is 2.44. The molecule has 0 spiro atoms. The number of hydrogen-bond donors (Lipinski definition) is 1. The summed E-state index contributed by atoms with van der Waals surface area (Å²) in [6.45, 7) is 2.15. The van der Waals surface area contributed by atoms with Crippen LogP contribution < -0.4 is 9.03 Å². The van der Waals surface area contributed by atoms with Crippen LogP contribution in [-0.4, -0.2) is 29.1 Å². The van der Waals surface area contributed by atoms with Crippen LogP contribution in [0.25, 0.3) is 0 Å². The molecule has 6 nitrogen and oxygen atoms in total. The Balaban J connectivity index is 1.95. The average Bonchev–Trinajstić information content (AvgIpc) is 3.07. The van der Waals surface area contributed by atoms with Gasteiger partial charge in [0.2, 0.25) is 10.0 Å². The number of rotatable bonds is 4. The Labute approximate surface area is 150 Å². The first-order valence-corrected chi connectivity index (χ1v) is 11.4. The van der Waals surface area contributed by atoms with Gasteiger partial charge in [0.25, 0.3) is 10.0 Å². The number of nitrogens with zero attached hydrogens (tertiary/aromatic N) is 1. The first kappa shape index (κ1) is 17.5. The third-order valence-corrected chi connectivity index (χ3v) is 8.62. The number of benzene rings is 1. The molecule has 1 aliphatic rings. The van der Waals surface area contributed by atoms with E-state index in [4.69, 9.17) is 11.6 Å². The molecule has 24 heavy (non-hydrogen) atoms. The molecule has 1 fully saturated rings. The lowest BCUT2D eigenvalue weighted by molar-refractivity contribution is 0.599. The van der Waals surface area contributed by atoms with Crippen molar-refractivity contribution in [2.45, 2.75) is 17.6 Å². The summed E-state index contributed by atoms with van der Waals surface area (Å²) < 4.78 is 53.3. The number of sulfonamides is 2. The normalized spacial score (nSPS) is 17.2. The molecule has 2 aromatic rings. The highest BCUT2D eigenvalue weighted by Crippen LogP contribution is 2.31. The Hall–Kier alpha value is -1.29. The number of thiophene rings is 1. The van der Waals surface area contributed by atoms with E-state index in [1.54, 1.807) is 25.1 Å². The van der Waals surface area contributed by atoms with E-state index in [1.165, 1.54) is 16.4 Å². The molecule has 130 valence electrons. The van der Waals surface area contributed by atoms with E-state index < -0.39 is 20.0 Å². The number of anilines is 2. The van der Waals surface area contributed by atoms with Crippen LogP contribution in [0.3, 0.4) is 0 Å². The summed E-state index contributed by atoms with van der Waals surface area (Å²) in [5.41, 5.74) is 1.50. The molecule has 1 N–H and O–H groups in total. The van der Waals surface area contributed by atoms with Gasteiger partial charge >= 0.3 is 0 Å². The maximum atomic E-state index is 12.4. The first-order valence-electron chi connectivity index (χ1n) is 7.08. The lowest BCUT2D eigenvalue weighted by Gasteiger charge is -2.19. The molecule has 2 heterocycles. The van der Waals surface area contributed by atoms with Crippen molar-refractivity contribution in [3.8, 4) is 0 Å². The molecule has 1 saturated heterocycles. The Morgan fingerprint density at radius 2 is 2.00 bits per heavy atom. The molecular formula is C14H15ClN2O4S3. The Morgan fingerprint density at radius 3 is 2.58 bits per heavy atom. The van der Waals surface area contributed by atoms with Crippen LogP contribution >= 0.6 is 22.9 Å². The predicted octanol–water partition coefficient (Wildman–Crippen LogP) is 3.05. The van der Waals surface area contributed by atoms with Gasteiger partial charge in [-0.05, 0) is 43.2 Å². The summed E-state index contributed by atoms with van der Waals surface area (Å²) in [5.74, 6) is 0.107. The number of halogens is 1. The second-order valence-corrected chi connectivity index (χ2v) is 11.0. The van der Waals surface area contributed by atoms with Gasteiger partial charge in [-0.1, -0.05) is 17.7 Å². The minimum atomic E-state index is -3.77. The zero-order chi connectivity index (χ0) is 17.5. The Kier molecular flexibility index (Phi) is 4.54. The number of aryl methyl sites for hydroxylation is 1. The average molecular weight is 407 g/mol. The third kappa shape index (κ3) is 3.39. The molecule has 1 aliphatic heterocycles. The molecule has 0 amide bonds. The van der Waals surface area contributed by atoms with Crippen molar-refractivity contribution < 1.29 is 16.8 Å². The van der Waals surface area contributed by atoms with Crippen LogP contribution in [0.2, 0.25) is 4.34 Å². The maximum Gasteiger partial charge on any atom is 0.271 e. The SMILES string of the molecule is Cc1ccc(N2CCCS2(=O)=O)cc1NS(=O)(=O)c1ccc(Cl)s1. The molecule has 0 radical (unpaired) electrons. The zero-order valence-electron chi connectivity index (χ0n) is 12.7. The molecule has 0 saturated carbocycles. The van der Waals surface area contributed by atoms with Crippen molar-refractivity contribution in [2.75, 3.05) is 21.3 Å². The highest BCUT2D eigenvalue weighted by molar-refractivity contribution is 7.94. The monoisotopic (exact) mass is 406 g/mol. The highest BCUT2D eigenvalue weighted by Gasteiger charge is 2.29. The van der Waals surface area contributed by atoms with E-state index >= 15 is 0 Å². The summed E-state index contributed by atoms with van der Waals surface area (Å²) in [5, 5.41) is 0. The van der Waals surface area contributed by atoms with Gasteiger partial charge in [0.15, 0.2) is 0 Å². The van der Waals surface area contributed by atoms with E-state index in [1.807, 2.05) is 0 Å². The largest absolute Gasteiger partial charge is 0.279 e. The van der Waals surface area contributed by atoms with Crippen LogP contribution in [-0.2, 0) is 20.0 Å². The zero-order valence-corrected chi connectivity index (χ0v) is 15.9. The molecule has 0 unspecified atom stereocenters. The predicted molar refractivity (Wildman–Crippen MR) is 97.1 cm³/mol. The van der Waals surface area contributed by atoms with Crippen molar-refractivity contribution in [3.05, 3.63) is 40.2 Å². The quantitative estimate of drug-likeness (QED) is 0.845. The summed E-state index contributed by atoms with van der Waals surface area (Å²) in [6, 6.07) is 7.87. The molecule has 3 rings (SSSR count).